The third-order valence-corrected chi connectivity index (χ3v) is 4.05. The molecule has 1 aromatic carbocycles. The summed E-state index contributed by atoms with van der Waals surface area (Å²) < 4.78 is 0. The van der Waals surface area contributed by atoms with Gasteiger partial charge in [0.15, 0.2) is 0 Å². The minimum atomic E-state index is 0.637. The van der Waals surface area contributed by atoms with Crippen LogP contribution in [0.3, 0.4) is 0 Å². The van der Waals surface area contributed by atoms with E-state index in [0.717, 1.165) is 12.1 Å². The van der Waals surface area contributed by atoms with Crippen molar-refractivity contribution in [3.8, 4) is 0 Å². The summed E-state index contributed by atoms with van der Waals surface area (Å²) in [5, 5.41) is 0. The first-order chi connectivity index (χ1) is 10.9. The number of hydrogen-bond donors (Lipinski definition) is 2. The third kappa shape index (κ3) is 9.43. The quantitative estimate of drug-likeness (QED) is 0.281. The van der Waals surface area contributed by atoms with E-state index in [1.165, 1.54) is 69.8 Å². The van der Waals surface area contributed by atoms with Gasteiger partial charge in [-0.15, -0.1) is 0 Å². The van der Waals surface area contributed by atoms with Gasteiger partial charge in [0.25, 0.3) is 0 Å². The number of rotatable bonds is 14. The Hall–Kier alpha value is -1.51. The van der Waals surface area contributed by atoms with Crippen LogP contribution in [0.1, 0.15) is 76.7 Å². The molecule has 2 N–H and O–H groups in total. The van der Waals surface area contributed by atoms with Crippen LogP contribution < -0.4 is 10.9 Å². The van der Waals surface area contributed by atoms with Gasteiger partial charge < -0.3 is 0 Å². The van der Waals surface area contributed by atoms with Crippen molar-refractivity contribution in [1.29, 1.82) is 0 Å². The molecule has 0 saturated carbocycles. The molecule has 124 valence electrons. The molecule has 0 aliphatic carbocycles. The van der Waals surface area contributed by atoms with E-state index in [2.05, 4.69) is 29.9 Å². The van der Waals surface area contributed by atoms with Crippen molar-refractivity contribution in [2.24, 2.45) is 0 Å². The van der Waals surface area contributed by atoms with Crippen LogP contribution in [0, 0.1) is 0 Å². The molecular weight excluding hydrogens is 272 g/mol. The molecule has 1 aromatic rings. The Balaban J connectivity index is 1.97. The molecule has 0 atom stereocenters. The van der Waals surface area contributed by atoms with Gasteiger partial charge in [-0.2, -0.15) is 0 Å². The normalized spacial score (nSPS) is 10.4. The maximum absolute atomic E-state index is 10.2. The summed E-state index contributed by atoms with van der Waals surface area (Å²) in [7, 11) is 0. The number of nitrogens with one attached hydrogen (secondary N) is 2. The van der Waals surface area contributed by atoms with Crippen molar-refractivity contribution in [2.75, 3.05) is 5.43 Å². The average Bonchev–Trinajstić information content (AvgIpc) is 2.56. The van der Waals surface area contributed by atoms with Crippen LogP contribution in [-0.2, 0) is 11.2 Å². The van der Waals surface area contributed by atoms with Crippen LogP contribution in [0.25, 0.3) is 0 Å². The zero-order valence-corrected chi connectivity index (χ0v) is 14.1. The second kappa shape index (κ2) is 13.2. The second-order valence-corrected chi connectivity index (χ2v) is 6.02. The Labute approximate surface area is 135 Å². The third-order valence-electron chi connectivity index (χ3n) is 4.05. The molecule has 0 heterocycles. The SMILES string of the molecule is CCCCCCCCCCCCc1ccc(NNC=O)cc1. The molecule has 3 heteroatoms. The molecule has 1 rings (SSSR count). The standard InChI is InChI=1S/C19H32N2O/c1-2-3-4-5-6-7-8-9-10-11-12-18-13-15-19(16-14-18)21-20-17-22/h13-17,21H,2-12H2,1H3,(H,20,22). The van der Waals surface area contributed by atoms with Crippen molar-refractivity contribution in [1.82, 2.24) is 5.43 Å². The molecule has 1 amide bonds. The molecule has 0 bridgehead atoms. The lowest BCUT2D eigenvalue weighted by Crippen LogP contribution is -2.18. The number of carbonyl (C=O) groups excluding carboxylic acids is 1. The van der Waals surface area contributed by atoms with Crippen LogP contribution in [-0.4, -0.2) is 6.41 Å². The molecule has 3 nitrogen and oxygen atoms in total. The van der Waals surface area contributed by atoms with Gasteiger partial charge in [0.1, 0.15) is 0 Å². The Kier molecular flexibility index (Phi) is 11.1. The number of amides is 1. The number of hydrogen-bond acceptors (Lipinski definition) is 2. The van der Waals surface area contributed by atoms with E-state index in [0.29, 0.717) is 6.41 Å². The Morgan fingerprint density at radius 2 is 1.36 bits per heavy atom. The number of benzene rings is 1. The van der Waals surface area contributed by atoms with E-state index in [4.69, 9.17) is 0 Å². The molecule has 0 aliphatic heterocycles. The highest BCUT2D eigenvalue weighted by atomic mass is 16.1. The molecule has 0 saturated heterocycles. The van der Waals surface area contributed by atoms with Crippen LogP contribution in [0.5, 0.6) is 0 Å². The summed E-state index contributed by atoms with van der Waals surface area (Å²) >= 11 is 0. The van der Waals surface area contributed by atoms with E-state index in [1.807, 2.05) is 12.1 Å². The fraction of sp³-hybridized carbons (Fsp3) is 0.632. The largest absolute Gasteiger partial charge is 0.299 e. The predicted molar refractivity (Wildman–Crippen MR) is 94.8 cm³/mol. The van der Waals surface area contributed by atoms with Gasteiger partial charge in [-0.05, 0) is 30.5 Å². The van der Waals surface area contributed by atoms with Gasteiger partial charge in [-0.3, -0.25) is 15.6 Å². The van der Waals surface area contributed by atoms with Crippen LogP contribution in [0.15, 0.2) is 24.3 Å². The van der Waals surface area contributed by atoms with E-state index in [1.54, 1.807) is 0 Å². The highest BCUT2D eigenvalue weighted by molar-refractivity contribution is 5.53. The summed E-state index contributed by atoms with van der Waals surface area (Å²) in [4.78, 5) is 10.2. The second-order valence-electron chi connectivity index (χ2n) is 6.02. The zero-order valence-electron chi connectivity index (χ0n) is 14.1. The lowest BCUT2D eigenvalue weighted by Gasteiger charge is -2.06. The first-order valence-electron chi connectivity index (χ1n) is 8.91. The van der Waals surface area contributed by atoms with Crippen molar-refractivity contribution in [3.63, 3.8) is 0 Å². The Morgan fingerprint density at radius 1 is 0.818 bits per heavy atom. The van der Waals surface area contributed by atoms with Crippen molar-refractivity contribution in [3.05, 3.63) is 29.8 Å². The van der Waals surface area contributed by atoms with Crippen molar-refractivity contribution < 1.29 is 4.79 Å². The van der Waals surface area contributed by atoms with Crippen LogP contribution >= 0.6 is 0 Å². The molecule has 0 spiro atoms. The first kappa shape index (κ1) is 18.5. The summed E-state index contributed by atoms with van der Waals surface area (Å²) in [5.74, 6) is 0. The maximum Gasteiger partial charge on any atom is 0.225 e. The highest BCUT2D eigenvalue weighted by Gasteiger charge is 1.96. The molecular formula is C19H32N2O. The minimum absolute atomic E-state index is 0.637. The maximum atomic E-state index is 10.2. The number of anilines is 1. The average molecular weight is 304 g/mol. The van der Waals surface area contributed by atoms with Gasteiger partial charge in [0, 0.05) is 0 Å². The van der Waals surface area contributed by atoms with E-state index < -0.39 is 0 Å². The molecule has 0 aliphatic rings. The van der Waals surface area contributed by atoms with Gasteiger partial charge >= 0.3 is 0 Å². The Bertz CT molecular complexity index is 376. The van der Waals surface area contributed by atoms with Gasteiger partial charge in [0.2, 0.25) is 6.41 Å². The monoisotopic (exact) mass is 304 g/mol. The number of unbranched alkanes of at least 4 members (excludes halogenated alkanes) is 9. The summed E-state index contributed by atoms with van der Waals surface area (Å²) in [5.41, 5.74) is 7.54. The number of carbonyl (C=O) groups is 1. The van der Waals surface area contributed by atoms with E-state index in [-0.39, 0.29) is 0 Å². The van der Waals surface area contributed by atoms with Crippen molar-refractivity contribution >= 4 is 12.1 Å². The van der Waals surface area contributed by atoms with E-state index in [9.17, 15) is 4.79 Å². The van der Waals surface area contributed by atoms with Crippen molar-refractivity contribution in [2.45, 2.75) is 77.6 Å². The number of hydrazine groups is 1. The minimum Gasteiger partial charge on any atom is -0.299 e. The lowest BCUT2D eigenvalue weighted by atomic mass is 10.0. The van der Waals surface area contributed by atoms with Crippen LogP contribution in [0.2, 0.25) is 0 Å². The fourth-order valence-electron chi connectivity index (χ4n) is 2.68. The first-order valence-corrected chi connectivity index (χ1v) is 8.91. The van der Waals surface area contributed by atoms with Gasteiger partial charge in [-0.1, -0.05) is 76.8 Å². The molecule has 22 heavy (non-hydrogen) atoms. The molecule has 0 unspecified atom stereocenters. The predicted octanol–water partition coefficient (Wildman–Crippen LogP) is 5.22. The van der Waals surface area contributed by atoms with E-state index >= 15 is 0 Å². The van der Waals surface area contributed by atoms with Gasteiger partial charge in [-0.25, -0.2) is 0 Å². The summed E-state index contributed by atoms with van der Waals surface area (Å²) in [6.45, 7) is 2.27. The topological polar surface area (TPSA) is 41.1 Å². The fourth-order valence-corrected chi connectivity index (χ4v) is 2.68. The summed E-state index contributed by atoms with van der Waals surface area (Å²) in [6.07, 6.45) is 15.6. The molecule has 0 radical (unpaired) electrons. The number of aryl methyl sites for hydroxylation is 1. The lowest BCUT2D eigenvalue weighted by molar-refractivity contribution is -0.109. The van der Waals surface area contributed by atoms with Gasteiger partial charge in [0.05, 0.1) is 5.69 Å². The summed E-state index contributed by atoms with van der Waals surface area (Å²) in [6, 6.07) is 8.26. The highest BCUT2D eigenvalue weighted by Crippen LogP contribution is 2.14. The smallest absolute Gasteiger partial charge is 0.225 e. The zero-order chi connectivity index (χ0) is 15.9. The molecule has 0 aromatic heterocycles. The Morgan fingerprint density at radius 3 is 1.91 bits per heavy atom. The molecule has 0 fully saturated rings. The van der Waals surface area contributed by atoms with Crippen LogP contribution in [0.4, 0.5) is 5.69 Å².